The summed E-state index contributed by atoms with van der Waals surface area (Å²) in [6.07, 6.45) is 3.35. The molecule has 1 aliphatic rings. The summed E-state index contributed by atoms with van der Waals surface area (Å²) in [5.41, 5.74) is 1.94. The van der Waals surface area contributed by atoms with Gasteiger partial charge in [-0.25, -0.2) is 0 Å². The number of aromatic nitrogens is 2. The lowest BCUT2D eigenvalue weighted by atomic mass is 10.3. The molecule has 1 aromatic rings. The Balaban J connectivity index is 2.05. The van der Waals surface area contributed by atoms with Crippen molar-refractivity contribution in [1.29, 1.82) is 0 Å². The van der Waals surface area contributed by atoms with Crippen LogP contribution in [0, 0.1) is 6.92 Å². The third-order valence-corrected chi connectivity index (χ3v) is 3.07. The van der Waals surface area contributed by atoms with Crippen molar-refractivity contribution in [3.8, 4) is 0 Å². The van der Waals surface area contributed by atoms with Crippen LogP contribution >= 0.6 is 11.8 Å². The van der Waals surface area contributed by atoms with Gasteiger partial charge in [-0.3, -0.25) is 9.48 Å². The molecule has 0 radical (unpaired) electrons. The molecule has 0 aromatic carbocycles. The van der Waals surface area contributed by atoms with Gasteiger partial charge in [0.1, 0.15) is 0 Å². The predicted octanol–water partition coefficient (Wildman–Crippen LogP) is 0.281. The molecule has 0 unspecified atom stereocenters. The molecule has 0 aliphatic carbocycles. The molecule has 84 valence electrons. The molecule has 2 heterocycles. The average Bonchev–Trinajstić information content (AvgIpc) is 2.79. The molecule has 2 rings (SSSR count). The topological polar surface area (TPSA) is 71.6 Å². The lowest BCUT2D eigenvalue weighted by molar-refractivity contribution is -0.116. The molecule has 0 bridgehead atoms. The second kappa shape index (κ2) is 4.48. The van der Waals surface area contributed by atoms with Gasteiger partial charge in [-0.2, -0.15) is 10.2 Å². The number of thioether (sulfide) groups is 1. The molecule has 0 saturated carbocycles. The molecule has 1 fully saturated rings. The first-order valence-corrected chi connectivity index (χ1v) is 5.67. The number of rotatable bonds is 2. The molecule has 7 heteroatoms. The monoisotopic (exact) mass is 237 g/mol. The van der Waals surface area contributed by atoms with Crippen LogP contribution in [0.2, 0.25) is 0 Å². The van der Waals surface area contributed by atoms with Crippen molar-refractivity contribution in [2.24, 2.45) is 17.3 Å². The van der Waals surface area contributed by atoms with Crippen molar-refractivity contribution in [2.45, 2.75) is 6.92 Å². The number of nitrogens with one attached hydrogen (secondary N) is 1. The number of amides is 1. The Hall–Kier alpha value is -1.63. The maximum atomic E-state index is 10.9. The van der Waals surface area contributed by atoms with Crippen LogP contribution in [0.4, 0.5) is 0 Å². The highest BCUT2D eigenvalue weighted by Crippen LogP contribution is 2.08. The minimum Gasteiger partial charge on any atom is -0.303 e. The molecule has 1 aromatic heterocycles. The highest BCUT2D eigenvalue weighted by atomic mass is 32.2. The first-order valence-electron chi connectivity index (χ1n) is 4.69. The van der Waals surface area contributed by atoms with E-state index in [2.05, 4.69) is 20.6 Å². The molecular formula is C9H11N5OS. The second-order valence-corrected chi connectivity index (χ2v) is 4.26. The normalized spacial score (nSPS) is 18.6. The van der Waals surface area contributed by atoms with Gasteiger partial charge in [0.15, 0.2) is 5.17 Å². The van der Waals surface area contributed by atoms with Gasteiger partial charge < -0.3 is 5.32 Å². The summed E-state index contributed by atoms with van der Waals surface area (Å²) in [4.78, 5) is 10.9. The zero-order valence-corrected chi connectivity index (χ0v) is 9.78. The van der Waals surface area contributed by atoms with Gasteiger partial charge in [-0.05, 0) is 6.92 Å². The Morgan fingerprint density at radius 2 is 2.50 bits per heavy atom. The van der Waals surface area contributed by atoms with Gasteiger partial charge in [0, 0.05) is 18.3 Å². The van der Waals surface area contributed by atoms with E-state index in [0.717, 1.165) is 11.3 Å². The molecule has 0 spiro atoms. The van der Waals surface area contributed by atoms with Crippen molar-refractivity contribution in [3.05, 3.63) is 17.5 Å². The molecule has 1 amide bonds. The van der Waals surface area contributed by atoms with Crippen LogP contribution < -0.4 is 5.32 Å². The van der Waals surface area contributed by atoms with Crippen LogP contribution in [0.15, 0.2) is 16.4 Å². The fourth-order valence-corrected chi connectivity index (χ4v) is 1.80. The predicted molar refractivity (Wildman–Crippen MR) is 63.6 cm³/mol. The van der Waals surface area contributed by atoms with E-state index in [1.807, 2.05) is 14.0 Å². The number of aryl methyl sites for hydroxylation is 1. The van der Waals surface area contributed by atoms with Gasteiger partial charge >= 0.3 is 0 Å². The van der Waals surface area contributed by atoms with Crippen molar-refractivity contribution in [3.63, 3.8) is 0 Å². The van der Waals surface area contributed by atoms with Gasteiger partial charge in [0.2, 0.25) is 5.91 Å². The van der Waals surface area contributed by atoms with Crippen molar-refractivity contribution in [1.82, 2.24) is 15.1 Å². The van der Waals surface area contributed by atoms with Crippen molar-refractivity contribution in [2.75, 3.05) is 5.75 Å². The number of hydrogen-bond donors (Lipinski definition) is 1. The molecule has 0 atom stereocenters. The van der Waals surface area contributed by atoms with Crippen LogP contribution in [-0.2, 0) is 11.8 Å². The van der Waals surface area contributed by atoms with E-state index in [1.54, 1.807) is 17.1 Å². The number of hydrogen-bond acceptors (Lipinski definition) is 5. The Kier molecular flexibility index (Phi) is 3.04. The minimum absolute atomic E-state index is 0.0310. The van der Waals surface area contributed by atoms with E-state index in [1.165, 1.54) is 11.8 Å². The molecule has 1 N–H and O–H groups in total. The molecule has 1 saturated heterocycles. The minimum atomic E-state index is -0.0310. The van der Waals surface area contributed by atoms with Crippen molar-refractivity contribution >= 4 is 29.1 Å². The number of amidine groups is 1. The maximum absolute atomic E-state index is 10.9. The summed E-state index contributed by atoms with van der Waals surface area (Å²) >= 11 is 1.35. The summed E-state index contributed by atoms with van der Waals surface area (Å²) < 4.78 is 1.76. The fraction of sp³-hybridized carbons (Fsp3) is 0.333. The van der Waals surface area contributed by atoms with E-state index < -0.39 is 0 Å². The zero-order valence-electron chi connectivity index (χ0n) is 8.97. The van der Waals surface area contributed by atoms with Gasteiger partial charge in [0.05, 0.1) is 18.2 Å². The molecule has 1 aliphatic heterocycles. The summed E-state index contributed by atoms with van der Waals surface area (Å²) in [6.45, 7) is 1.95. The highest BCUT2D eigenvalue weighted by molar-refractivity contribution is 8.15. The third-order valence-electron chi connectivity index (χ3n) is 2.20. The largest absolute Gasteiger partial charge is 0.303 e. The maximum Gasteiger partial charge on any atom is 0.236 e. The highest BCUT2D eigenvalue weighted by Gasteiger charge is 2.15. The Labute approximate surface area is 96.8 Å². The van der Waals surface area contributed by atoms with E-state index >= 15 is 0 Å². The summed E-state index contributed by atoms with van der Waals surface area (Å²) in [5, 5.41) is 15.0. The summed E-state index contributed by atoms with van der Waals surface area (Å²) in [7, 11) is 1.87. The second-order valence-electron chi connectivity index (χ2n) is 3.30. The van der Waals surface area contributed by atoms with Crippen LogP contribution in [0.3, 0.4) is 0 Å². The van der Waals surface area contributed by atoms with E-state index in [9.17, 15) is 4.79 Å². The van der Waals surface area contributed by atoms with E-state index in [4.69, 9.17) is 0 Å². The Morgan fingerprint density at radius 1 is 1.69 bits per heavy atom. The summed E-state index contributed by atoms with van der Waals surface area (Å²) in [6, 6.07) is 0. The van der Waals surface area contributed by atoms with E-state index in [0.29, 0.717) is 10.9 Å². The number of carbonyl (C=O) groups excluding carboxylic acids is 1. The van der Waals surface area contributed by atoms with Gasteiger partial charge in [-0.1, -0.05) is 11.8 Å². The number of nitrogens with zero attached hydrogens (tertiary/aromatic N) is 4. The Morgan fingerprint density at radius 3 is 3.06 bits per heavy atom. The third kappa shape index (κ3) is 2.30. The van der Waals surface area contributed by atoms with Crippen LogP contribution in [0.1, 0.15) is 11.3 Å². The summed E-state index contributed by atoms with van der Waals surface area (Å²) in [5.74, 6) is 0.386. The lowest BCUT2D eigenvalue weighted by Gasteiger charge is -1.92. The SMILES string of the molecule is Cc1c(/C=N\N=C2\NC(=O)CS2)cnn1C. The number of carbonyl (C=O) groups is 1. The molecule has 6 nitrogen and oxygen atoms in total. The first-order chi connectivity index (χ1) is 7.66. The molecule has 16 heavy (non-hydrogen) atoms. The lowest BCUT2D eigenvalue weighted by Crippen LogP contribution is -2.19. The smallest absolute Gasteiger partial charge is 0.236 e. The quantitative estimate of drug-likeness (QED) is 0.593. The van der Waals surface area contributed by atoms with Crippen LogP contribution in [-0.4, -0.2) is 32.8 Å². The van der Waals surface area contributed by atoms with Crippen molar-refractivity contribution < 1.29 is 4.79 Å². The first kappa shape index (κ1) is 10.9. The fourth-order valence-electron chi connectivity index (χ4n) is 1.17. The van der Waals surface area contributed by atoms with Crippen LogP contribution in [0.5, 0.6) is 0 Å². The van der Waals surface area contributed by atoms with Gasteiger partial charge in [-0.15, -0.1) is 5.10 Å². The zero-order chi connectivity index (χ0) is 11.5. The van der Waals surface area contributed by atoms with Gasteiger partial charge in [0.25, 0.3) is 0 Å². The van der Waals surface area contributed by atoms with Crippen LogP contribution in [0.25, 0.3) is 0 Å². The molecular weight excluding hydrogens is 226 g/mol. The average molecular weight is 237 g/mol. The Bertz CT molecular complexity index is 476. The van der Waals surface area contributed by atoms with E-state index in [-0.39, 0.29) is 5.91 Å². The standard InChI is InChI=1S/C9H11N5OS/c1-6-7(4-11-14(6)2)3-10-13-9-12-8(15)5-16-9/h3-4H,5H2,1-2H3,(H,12,13,15)/b10-3-.